The first-order valence-electron chi connectivity index (χ1n) is 6.41. The molecular formula is C18H18S3. The average molecular weight is 331 g/mol. The highest BCUT2D eigenvalue weighted by Gasteiger charge is 1.60. The lowest BCUT2D eigenvalue weighted by molar-refractivity contribution is 1.72. The van der Waals surface area contributed by atoms with Crippen molar-refractivity contribution in [3.8, 4) is 0 Å². The molecule has 0 bridgehead atoms. The number of rotatable bonds is 0. The first kappa shape index (κ1) is 17.4. The van der Waals surface area contributed by atoms with Gasteiger partial charge in [0.15, 0.2) is 0 Å². The van der Waals surface area contributed by atoms with E-state index in [0.717, 1.165) is 0 Å². The fraction of sp³-hybridized carbons (Fsp3) is 0. The molecule has 0 fully saturated rings. The van der Waals surface area contributed by atoms with Gasteiger partial charge in [-0.15, -0.1) is 0 Å². The van der Waals surface area contributed by atoms with E-state index in [1.165, 1.54) is 0 Å². The molecule has 0 radical (unpaired) electrons. The maximum Gasteiger partial charge on any atom is -0.00934 e. The van der Waals surface area contributed by atoms with Gasteiger partial charge >= 0.3 is 0 Å². The van der Waals surface area contributed by atoms with Gasteiger partial charge in [0.25, 0.3) is 0 Å². The Labute approximate surface area is 139 Å². The molecule has 3 heterocycles. The van der Waals surface area contributed by atoms with Gasteiger partial charge in [0.2, 0.25) is 0 Å². The topological polar surface area (TPSA) is 0 Å². The largest absolute Gasteiger partial charge is 0.152 e. The molecule has 0 saturated heterocycles. The first-order valence-corrected chi connectivity index (χ1v) is 9.24. The van der Waals surface area contributed by atoms with Crippen molar-refractivity contribution in [2.75, 3.05) is 0 Å². The van der Waals surface area contributed by atoms with E-state index in [1.54, 1.807) is 34.0 Å². The minimum Gasteiger partial charge on any atom is -0.152 e. The third-order valence-corrected chi connectivity index (χ3v) is 3.83. The van der Waals surface area contributed by atoms with E-state index >= 15 is 0 Å². The summed E-state index contributed by atoms with van der Waals surface area (Å²) in [7, 11) is 0. The average Bonchev–Trinajstić information content (AvgIpc) is 3.38. The van der Waals surface area contributed by atoms with Gasteiger partial charge in [0.1, 0.15) is 0 Å². The Kier molecular flexibility index (Phi) is 12.2. The van der Waals surface area contributed by atoms with Gasteiger partial charge in [-0.3, -0.25) is 0 Å². The summed E-state index contributed by atoms with van der Waals surface area (Å²) in [6, 6.07) is 24.1. The predicted molar refractivity (Wildman–Crippen MR) is 99.4 cm³/mol. The lowest BCUT2D eigenvalue weighted by Crippen LogP contribution is -1.47. The summed E-state index contributed by atoms with van der Waals surface area (Å²) in [5, 5.41) is 12.2. The van der Waals surface area contributed by atoms with Crippen LogP contribution < -0.4 is 0 Å². The maximum absolute atomic E-state index is 2.04. The van der Waals surface area contributed by atoms with Gasteiger partial charge in [0, 0.05) is 0 Å². The van der Waals surface area contributed by atoms with Crippen LogP contribution in [0.3, 0.4) is 0 Å². The van der Waals surface area contributed by atoms with Crippen LogP contribution in [0.25, 0.3) is 0 Å². The van der Waals surface area contributed by atoms with Crippen molar-refractivity contribution >= 4 is 34.0 Å². The van der Waals surface area contributed by atoms with Gasteiger partial charge < -0.3 is 0 Å². The zero-order chi connectivity index (χ0) is 14.8. The Morgan fingerprint density at radius 3 is 0.524 bits per heavy atom. The summed E-state index contributed by atoms with van der Waals surface area (Å²) in [5.74, 6) is 0. The summed E-state index contributed by atoms with van der Waals surface area (Å²) in [4.78, 5) is 0. The molecule has 4 aromatic rings. The molecule has 0 amide bonds. The number of hydrogen-bond donors (Lipinski definition) is 0. The van der Waals surface area contributed by atoms with Crippen molar-refractivity contribution in [3.05, 3.63) is 105 Å². The summed E-state index contributed by atoms with van der Waals surface area (Å²) in [5.41, 5.74) is 0. The van der Waals surface area contributed by atoms with Gasteiger partial charge in [-0.05, 0) is 32.3 Å². The first-order chi connectivity index (χ1) is 10.5. The second-order valence-corrected chi connectivity index (χ2v) is 5.98. The minimum atomic E-state index is 1.71. The maximum atomic E-state index is 2.04. The van der Waals surface area contributed by atoms with Crippen LogP contribution in [0.2, 0.25) is 0 Å². The standard InChI is InChI=1S/C6H6.3C4H4S/c1-2-4-6-5-3-1;3*1-2-4-5-3-1/h1-6H;3*1-4H. The smallest absolute Gasteiger partial charge is 0.00934 e. The highest BCUT2D eigenvalue weighted by Crippen LogP contribution is 1.92. The summed E-state index contributed by atoms with van der Waals surface area (Å²) in [6.07, 6.45) is 0. The summed E-state index contributed by atoms with van der Waals surface area (Å²) in [6.45, 7) is 0. The normalized spacial score (nSPS) is 8.00. The quantitative estimate of drug-likeness (QED) is 0.328. The molecule has 4 rings (SSSR count). The summed E-state index contributed by atoms with van der Waals surface area (Å²) < 4.78 is 0. The highest BCUT2D eigenvalue weighted by atomic mass is 32.1. The van der Waals surface area contributed by atoms with Crippen molar-refractivity contribution in [1.29, 1.82) is 0 Å². The molecule has 0 aliphatic heterocycles. The molecule has 108 valence electrons. The molecule has 21 heavy (non-hydrogen) atoms. The van der Waals surface area contributed by atoms with Crippen LogP contribution in [-0.4, -0.2) is 0 Å². The fourth-order valence-corrected chi connectivity index (χ4v) is 2.43. The van der Waals surface area contributed by atoms with Crippen molar-refractivity contribution in [3.63, 3.8) is 0 Å². The Hall–Kier alpha value is -1.68. The van der Waals surface area contributed by atoms with E-state index in [0.29, 0.717) is 0 Å². The van der Waals surface area contributed by atoms with Gasteiger partial charge in [-0.1, -0.05) is 72.8 Å². The van der Waals surface area contributed by atoms with E-state index in [-0.39, 0.29) is 0 Å². The van der Waals surface area contributed by atoms with Crippen molar-refractivity contribution < 1.29 is 0 Å². The monoisotopic (exact) mass is 330 g/mol. The zero-order valence-electron chi connectivity index (χ0n) is 11.6. The summed E-state index contributed by atoms with van der Waals surface area (Å²) >= 11 is 5.14. The molecule has 0 spiro atoms. The van der Waals surface area contributed by atoms with Gasteiger partial charge in [0.05, 0.1) is 0 Å². The van der Waals surface area contributed by atoms with Crippen LogP contribution in [0.4, 0.5) is 0 Å². The van der Waals surface area contributed by atoms with E-state index in [4.69, 9.17) is 0 Å². The van der Waals surface area contributed by atoms with Crippen molar-refractivity contribution in [2.45, 2.75) is 0 Å². The molecule has 0 N–H and O–H groups in total. The molecule has 0 aliphatic carbocycles. The Morgan fingerprint density at radius 2 is 0.429 bits per heavy atom. The van der Waals surface area contributed by atoms with Gasteiger partial charge in [-0.25, -0.2) is 0 Å². The molecule has 3 aromatic heterocycles. The second kappa shape index (κ2) is 14.7. The molecule has 0 atom stereocenters. The minimum absolute atomic E-state index is 1.71. The van der Waals surface area contributed by atoms with E-state index in [9.17, 15) is 0 Å². The van der Waals surface area contributed by atoms with Crippen LogP contribution in [-0.2, 0) is 0 Å². The third kappa shape index (κ3) is 13.1. The third-order valence-electron chi connectivity index (χ3n) is 1.94. The van der Waals surface area contributed by atoms with E-state index < -0.39 is 0 Å². The second-order valence-electron chi connectivity index (χ2n) is 3.53. The molecular weight excluding hydrogens is 312 g/mol. The predicted octanol–water partition coefficient (Wildman–Crippen LogP) is 6.93. The fourth-order valence-electron chi connectivity index (χ4n) is 1.07. The lowest BCUT2D eigenvalue weighted by atomic mass is 10.4. The Balaban J connectivity index is 0.000000140. The van der Waals surface area contributed by atoms with Crippen LogP contribution in [0.1, 0.15) is 0 Å². The number of benzene rings is 1. The Morgan fingerprint density at radius 1 is 0.238 bits per heavy atom. The highest BCUT2D eigenvalue weighted by molar-refractivity contribution is 7.08. The van der Waals surface area contributed by atoms with Crippen LogP contribution >= 0.6 is 34.0 Å². The molecule has 0 saturated carbocycles. The SMILES string of the molecule is c1ccccc1.c1ccsc1.c1ccsc1.c1ccsc1. The molecule has 3 heteroatoms. The Bertz CT molecular complexity index is 411. The van der Waals surface area contributed by atoms with Crippen LogP contribution in [0.5, 0.6) is 0 Å². The van der Waals surface area contributed by atoms with Crippen molar-refractivity contribution in [1.82, 2.24) is 0 Å². The van der Waals surface area contributed by atoms with Gasteiger partial charge in [-0.2, -0.15) is 34.0 Å². The zero-order valence-corrected chi connectivity index (χ0v) is 14.1. The van der Waals surface area contributed by atoms with Crippen molar-refractivity contribution in [2.24, 2.45) is 0 Å². The van der Waals surface area contributed by atoms with E-state index in [1.807, 2.05) is 105 Å². The van der Waals surface area contributed by atoms with Crippen LogP contribution in [0.15, 0.2) is 105 Å². The molecule has 0 nitrogen and oxygen atoms in total. The molecule has 0 unspecified atom stereocenters. The number of thiophene rings is 3. The van der Waals surface area contributed by atoms with Crippen LogP contribution in [0, 0.1) is 0 Å². The lowest BCUT2D eigenvalue weighted by Gasteiger charge is -1.69. The van der Waals surface area contributed by atoms with E-state index in [2.05, 4.69) is 0 Å². The number of hydrogen-bond acceptors (Lipinski definition) is 3. The molecule has 0 aliphatic rings. The molecule has 1 aromatic carbocycles.